The lowest BCUT2D eigenvalue weighted by Gasteiger charge is -2.33. The topological polar surface area (TPSA) is 61.9 Å². The second-order valence-corrected chi connectivity index (χ2v) is 9.84. The zero-order valence-electron chi connectivity index (χ0n) is 19.3. The Bertz CT molecular complexity index is 1230. The minimum atomic E-state index is -1.10. The number of thioether (sulfide) groups is 1. The molecule has 6 nitrogen and oxygen atoms in total. The van der Waals surface area contributed by atoms with Gasteiger partial charge in [-0.25, -0.2) is 4.79 Å². The summed E-state index contributed by atoms with van der Waals surface area (Å²) in [5, 5.41) is 3.04. The molecule has 3 aromatic carbocycles. The average Bonchev–Trinajstić information content (AvgIpc) is 3.40. The number of fused-ring (bicyclic) bond motifs is 2. The van der Waals surface area contributed by atoms with E-state index >= 15 is 0 Å². The number of ether oxygens (including phenoxy) is 1. The number of hydrogen-bond donors (Lipinski definition) is 1. The number of anilines is 1. The van der Waals surface area contributed by atoms with Crippen molar-refractivity contribution in [3.8, 4) is 5.75 Å². The number of benzene rings is 3. The number of amides is 3. The van der Waals surface area contributed by atoms with E-state index in [2.05, 4.69) is 11.4 Å². The predicted octanol–water partition coefficient (Wildman–Crippen LogP) is 4.66. The van der Waals surface area contributed by atoms with Crippen LogP contribution in [0.1, 0.15) is 22.3 Å². The largest absolute Gasteiger partial charge is 0.497 e. The van der Waals surface area contributed by atoms with Crippen LogP contribution in [0.2, 0.25) is 0 Å². The van der Waals surface area contributed by atoms with Crippen molar-refractivity contribution in [2.75, 3.05) is 24.3 Å². The molecule has 1 spiro atoms. The maximum Gasteiger partial charge on any atom is 0.319 e. The van der Waals surface area contributed by atoms with Gasteiger partial charge < -0.3 is 15.0 Å². The van der Waals surface area contributed by atoms with Gasteiger partial charge in [-0.15, -0.1) is 11.8 Å². The summed E-state index contributed by atoms with van der Waals surface area (Å²) in [6.07, 6.45) is 0. The monoisotopic (exact) mass is 473 g/mol. The molecule has 0 aliphatic carbocycles. The van der Waals surface area contributed by atoms with Crippen molar-refractivity contribution >= 4 is 29.4 Å². The first-order valence-corrected chi connectivity index (χ1v) is 12.3. The third kappa shape index (κ3) is 3.80. The van der Waals surface area contributed by atoms with Gasteiger partial charge in [-0.2, -0.15) is 0 Å². The molecule has 7 heteroatoms. The molecular formula is C27H27N3O3S. The Hall–Kier alpha value is -3.45. The highest BCUT2D eigenvalue weighted by molar-refractivity contribution is 8.01. The average molecular weight is 474 g/mol. The number of rotatable bonds is 5. The summed E-state index contributed by atoms with van der Waals surface area (Å²) in [5.74, 6) is 1.26. The van der Waals surface area contributed by atoms with Gasteiger partial charge in [0.05, 0.1) is 19.3 Å². The van der Waals surface area contributed by atoms with Crippen LogP contribution in [0.25, 0.3) is 0 Å². The fraction of sp³-hybridized carbons (Fsp3) is 0.259. The van der Waals surface area contributed by atoms with E-state index in [0.717, 1.165) is 27.9 Å². The van der Waals surface area contributed by atoms with Gasteiger partial charge in [-0.3, -0.25) is 9.69 Å². The molecule has 174 valence electrons. The number of methoxy groups -OCH3 is 1. The van der Waals surface area contributed by atoms with E-state index in [1.54, 1.807) is 16.9 Å². The molecule has 3 amide bonds. The summed E-state index contributed by atoms with van der Waals surface area (Å²) in [6, 6.07) is 23.4. The molecule has 0 saturated carbocycles. The van der Waals surface area contributed by atoms with E-state index in [9.17, 15) is 9.59 Å². The minimum absolute atomic E-state index is 0.0900. The molecule has 0 unspecified atom stereocenters. The molecule has 1 N–H and O–H groups in total. The van der Waals surface area contributed by atoms with E-state index in [-0.39, 0.29) is 11.9 Å². The van der Waals surface area contributed by atoms with E-state index in [0.29, 0.717) is 31.1 Å². The van der Waals surface area contributed by atoms with Crippen LogP contribution in [-0.4, -0.2) is 36.2 Å². The molecule has 2 aliphatic heterocycles. The lowest BCUT2D eigenvalue weighted by Crippen LogP contribution is -2.53. The lowest BCUT2D eigenvalue weighted by molar-refractivity contribution is -0.123. The van der Waals surface area contributed by atoms with Crippen molar-refractivity contribution in [2.24, 2.45) is 0 Å². The Morgan fingerprint density at radius 3 is 2.62 bits per heavy atom. The van der Waals surface area contributed by atoms with Crippen molar-refractivity contribution in [2.45, 2.75) is 24.9 Å². The quantitative estimate of drug-likeness (QED) is 0.585. The standard InChI is InChI=1S/C27H27N3O3S/c1-19-7-6-10-21(15-19)17-28-26(32)30-13-14-34-27(30)23-16-22(33-2)11-12-24(23)29(25(27)31)18-20-8-4-3-5-9-20/h3-12,15-16H,13-14,17-18H2,1-2H3,(H,28,32)/t27-/m0/s1. The smallest absolute Gasteiger partial charge is 0.319 e. The van der Waals surface area contributed by atoms with Gasteiger partial charge in [0.1, 0.15) is 5.75 Å². The first kappa shape index (κ1) is 22.3. The maximum atomic E-state index is 14.1. The van der Waals surface area contributed by atoms with Crippen molar-refractivity contribution in [3.05, 3.63) is 95.1 Å². The molecular weight excluding hydrogens is 446 g/mol. The SMILES string of the molecule is COc1ccc2c(c1)[C@]1(SCCN1C(=O)NCc1cccc(C)c1)C(=O)N2Cc1ccccc1. The second-order valence-electron chi connectivity index (χ2n) is 8.55. The Morgan fingerprint density at radius 1 is 1.06 bits per heavy atom. The Balaban J connectivity index is 1.48. The third-order valence-corrected chi connectivity index (χ3v) is 7.77. The van der Waals surface area contributed by atoms with Gasteiger partial charge >= 0.3 is 6.03 Å². The molecule has 5 rings (SSSR count). The molecule has 0 radical (unpaired) electrons. The number of aryl methyl sites for hydroxylation is 1. The van der Waals surface area contributed by atoms with E-state index < -0.39 is 4.87 Å². The lowest BCUT2D eigenvalue weighted by atomic mass is 10.1. The van der Waals surface area contributed by atoms with Crippen LogP contribution in [0.3, 0.4) is 0 Å². The first-order chi connectivity index (χ1) is 16.5. The summed E-state index contributed by atoms with van der Waals surface area (Å²) >= 11 is 1.52. The fourth-order valence-corrected chi connectivity index (χ4v) is 6.19. The van der Waals surface area contributed by atoms with Crippen LogP contribution in [-0.2, 0) is 22.8 Å². The molecule has 1 saturated heterocycles. The number of nitrogens with zero attached hydrogens (tertiary/aromatic N) is 2. The highest BCUT2D eigenvalue weighted by Gasteiger charge is 2.59. The van der Waals surface area contributed by atoms with Gasteiger partial charge in [0.25, 0.3) is 5.91 Å². The molecule has 0 bridgehead atoms. The van der Waals surface area contributed by atoms with E-state index in [1.165, 1.54) is 11.8 Å². The second kappa shape index (κ2) is 9.06. The summed E-state index contributed by atoms with van der Waals surface area (Å²) in [7, 11) is 1.61. The van der Waals surface area contributed by atoms with E-state index in [4.69, 9.17) is 4.74 Å². The van der Waals surface area contributed by atoms with Crippen LogP contribution in [0, 0.1) is 6.92 Å². The fourth-order valence-electron chi connectivity index (χ4n) is 4.74. The first-order valence-electron chi connectivity index (χ1n) is 11.3. The maximum absolute atomic E-state index is 14.1. The third-order valence-electron chi connectivity index (χ3n) is 6.36. The summed E-state index contributed by atoms with van der Waals surface area (Å²) in [5.41, 5.74) is 4.83. The molecule has 34 heavy (non-hydrogen) atoms. The number of carbonyl (C=O) groups excluding carboxylic acids is 2. The Labute approximate surface area is 203 Å². The zero-order chi connectivity index (χ0) is 23.7. The van der Waals surface area contributed by atoms with Crippen molar-refractivity contribution in [1.29, 1.82) is 0 Å². The molecule has 0 aromatic heterocycles. The molecule has 2 aliphatic rings. The number of nitrogens with one attached hydrogen (secondary N) is 1. The summed E-state index contributed by atoms with van der Waals surface area (Å²) in [6.45, 7) is 3.37. The van der Waals surface area contributed by atoms with E-state index in [1.807, 2.05) is 73.7 Å². The molecule has 2 heterocycles. The van der Waals surface area contributed by atoms with Crippen LogP contribution >= 0.6 is 11.8 Å². The molecule has 3 aromatic rings. The van der Waals surface area contributed by atoms with Gasteiger partial charge in [-0.05, 0) is 36.2 Å². The Morgan fingerprint density at radius 2 is 1.85 bits per heavy atom. The Kier molecular flexibility index (Phi) is 5.96. The van der Waals surface area contributed by atoms with Crippen molar-refractivity contribution in [3.63, 3.8) is 0 Å². The predicted molar refractivity (Wildman–Crippen MR) is 135 cm³/mol. The van der Waals surface area contributed by atoms with Gasteiger partial charge in [0.2, 0.25) is 0 Å². The van der Waals surface area contributed by atoms with Gasteiger partial charge in [-0.1, -0.05) is 60.2 Å². The summed E-state index contributed by atoms with van der Waals surface area (Å²) < 4.78 is 5.49. The van der Waals surface area contributed by atoms with Gasteiger partial charge in [0, 0.05) is 24.4 Å². The minimum Gasteiger partial charge on any atom is -0.497 e. The van der Waals surface area contributed by atoms with Crippen molar-refractivity contribution < 1.29 is 14.3 Å². The highest BCUT2D eigenvalue weighted by atomic mass is 32.2. The molecule has 1 atom stereocenters. The normalized spacial score (nSPS) is 18.9. The van der Waals surface area contributed by atoms with Crippen LogP contribution in [0.15, 0.2) is 72.8 Å². The molecule has 1 fully saturated rings. The number of urea groups is 1. The van der Waals surface area contributed by atoms with Crippen molar-refractivity contribution in [1.82, 2.24) is 10.2 Å². The van der Waals surface area contributed by atoms with Crippen LogP contribution in [0.5, 0.6) is 5.75 Å². The highest BCUT2D eigenvalue weighted by Crippen LogP contribution is 2.55. The van der Waals surface area contributed by atoms with Crippen LogP contribution < -0.4 is 15.0 Å². The number of hydrogen-bond acceptors (Lipinski definition) is 4. The van der Waals surface area contributed by atoms with Gasteiger partial charge in [0.15, 0.2) is 4.87 Å². The zero-order valence-corrected chi connectivity index (χ0v) is 20.1. The van der Waals surface area contributed by atoms with Crippen LogP contribution in [0.4, 0.5) is 10.5 Å². The summed E-state index contributed by atoms with van der Waals surface area (Å²) in [4.78, 5) is 29.9. The number of carbonyl (C=O) groups is 2.